The summed E-state index contributed by atoms with van der Waals surface area (Å²) >= 11 is 0. The molecule has 176 valence electrons. The number of rotatable bonds is 11. The van der Waals surface area contributed by atoms with Gasteiger partial charge in [-0.2, -0.15) is 0 Å². The molecule has 34 heavy (non-hydrogen) atoms. The van der Waals surface area contributed by atoms with Gasteiger partial charge in [0.05, 0.1) is 20.8 Å². The number of hydrogen-bond donors (Lipinski definition) is 1. The minimum absolute atomic E-state index is 0.120. The van der Waals surface area contributed by atoms with E-state index in [1.54, 1.807) is 31.4 Å². The minimum Gasteiger partial charge on any atom is -0.493 e. The van der Waals surface area contributed by atoms with Crippen LogP contribution in [0.3, 0.4) is 0 Å². The molecule has 3 aromatic carbocycles. The van der Waals surface area contributed by atoms with Gasteiger partial charge in [0, 0.05) is 12.5 Å². The van der Waals surface area contributed by atoms with Crippen LogP contribution in [0, 0.1) is 0 Å². The van der Waals surface area contributed by atoms with Gasteiger partial charge in [-0.25, -0.2) is 4.79 Å². The fraction of sp³-hybridized carbons (Fsp3) is 0.214. The van der Waals surface area contributed by atoms with Crippen molar-refractivity contribution >= 4 is 18.0 Å². The lowest BCUT2D eigenvalue weighted by atomic mass is 10.1. The van der Waals surface area contributed by atoms with Crippen LogP contribution in [0.25, 0.3) is 6.08 Å². The number of methoxy groups -OCH3 is 2. The largest absolute Gasteiger partial charge is 0.493 e. The summed E-state index contributed by atoms with van der Waals surface area (Å²) in [7, 11) is 3.09. The third-order valence-corrected chi connectivity index (χ3v) is 5.22. The SMILES string of the molecule is COc1ccc(C(CNC(=O)CCc2ccccc2)OC(=O)/C=C/c2ccccc2)cc1OC. The zero-order chi connectivity index (χ0) is 24.2. The van der Waals surface area contributed by atoms with Crippen molar-refractivity contribution in [1.82, 2.24) is 5.32 Å². The molecule has 0 fully saturated rings. The predicted octanol–water partition coefficient (Wildman–Crippen LogP) is 4.75. The Hall–Kier alpha value is -4.06. The number of hydrogen-bond acceptors (Lipinski definition) is 5. The van der Waals surface area contributed by atoms with Crippen LogP contribution in [0.2, 0.25) is 0 Å². The monoisotopic (exact) mass is 459 g/mol. The van der Waals surface area contributed by atoms with Crippen molar-refractivity contribution in [3.05, 3.63) is 102 Å². The van der Waals surface area contributed by atoms with Gasteiger partial charge < -0.3 is 19.5 Å². The Morgan fingerprint density at radius 3 is 2.24 bits per heavy atom. The normalized spacial score (nSPS) is 11.6. The van der Waals surface area contributed by atoms with E-state index in [1.165, 1.54) is 13.2 Å². The van der Waals surface area contributed by atoms with E-state index in [2.05, 4.69) is 5.32 Å². The molecule has 0 aliphatic carbocycles. The summed E-state index contributed by atoms with van der Waals surface area (Å²) in [4.78, 5) is 25.0. The van der Waals surface area contributed by atoms with Crippen molar-refractivity contribution in [3.8, 4) is 11.5 Å². The maximum Gasteiger partial charge on any atom is 0.331 e. The molecule has 0 aliphatic rings. The number of benzene rings is 3. The molecule has 3 aromatic rings. The molecule has 1 atom stereocenters. The molecule has 6 nitrogen and oxygen atoms in total. The van der Waals surface area contributed by atoms with Gasteiger partial charge in [0.2, 0.25) is 5.91 Å². The van der Waals surface area contributed by atoms with Gasteiger partial charge in [0.1, 0.15) is 6.10 Å². The summed E-state index contributed by atoms with van der Waals surface area (Å²) in [6, 6.07) is 24.6. The average molecular weight is 460 g/mol. The molecule has 0 heterocycles. The second-order valence-corrected chi connectivity index (χ2v) is 7.57. The quantitative estimate of drug-likeness (QED) is 0.331. The molecule has 0 radical (unpaired) electrons. The van der Waals surface area contributed by atoms with E-state index < -0.39 is 12.1 Å². The molecule has 0 saturated carbocycles. The smallest absolute Gasteiger partial charge is 0.331 e. The summed E-state index contributed by atoms with van der Waals surface area (Å²) in [5.74, 6) is 0.441. The minimum atomic E-state index is -0.701. The fourth-order valence-corrected chi connectivity index (χ4v) is 3.39. The Kier molecular flexibility index (Phi) is 9.29. The van der Waals surface area contributed by atoms with Crippen molar-refractivity contribution < 1.29 is 23.8 Å². The van der Waals surface area contributed by atoms with Gasteiger partial charge in [0.15, 0.2) is 11.5 Å². The molecule has 0 spiro atoms. The van der Waals surface area contributed by atoms with E-state index in [-0.39, 0.29) is 12.5 Å². The number of carbonyl (C=O) groups is 2. The Morgan fingerprint density at radius 1 is 0.882 bits per heavy atom. The third kappa shape index (κ3) is 7.52. The Labute approximate surface area is 200 Å². The first-order chi connectivity index (χ1) is 16.6. The Balaban J connectivity index is 1.68. The molecular formula is C28H29NO5. The first-order valence-electron chi connectivity index (χ1n) is 11.1. The summed E-state index contributed by atoms with van der Waals surface area (Å²) in [5, 5.41) is 2.88. The summed E-state index contributed by atoms with van der Waals surface area (Å²) in [5.41, 5.74) is 2.66. The number of carbonyl (C=O) groups excluding carboxylic acids is 2. The van der Waals surface area contributed by atoms with E-state index in [0.717, 1.165) is 11.1 Å². The molecular weight excluding hydrogens is 430 g/mol. The van der Waals surface area contributed by atoms with Crippen molar-refractivity contribution in [2.75, 3.05) is 20.8 Å². The van der Waals surface area contributed by atoms with Crippen LogP contribution < -0.4 is 14.8 Å². The van der Waals surface area contributed by atoms with E-state index in [0.29, 0.717) is 29.9 Å². The molecule has 1 unspecified atom stereocenters. The van der Waals surface area contributed by atoms with Gasteiger partial charge in [-0.15, -0.1) is 0 Å². The highest BCUT2D eigenvalue weighted by Crippen LogP contribution is 2.31. The highest BCUT2D eigenvalue weighted by atomic mass is 16.5. The molecule has 1 N–H and O–H groups in total. The van der Waals surface area contributed by atoms with E-state index in [4.69, 9.17) is 14.2 Å². The van der Waals surface area contributed by atoms with E-state index in [9.17, 15) is 9.59 Å². The van der Waals surface area contributed by atoms with Gasteiger partial charge >= 0.3 is 5.97 Å². The van der Waals surface area contributed by atoms with Crippen LogP contribution >= 0.6 is 0 Å². The van der Waals surface area contributed by atoms with Crippen molar-refractivity contribution in [2.24, 2.45) is 0 Å². The van der Waals surface area contributed by atoms with Gasteiger partial charge in [-0.05, 0) is 41.3 Å². The molecule has 3 rings (SSSR count). The molecule has 1 amide bonds. The highest BCUT2D eigenvalue weighted by molar-refractivity contribution is 5.87. The summed E-state index contributed by atoms with van der Waals surface area (Å²) in [6.45, 7) is 0.133. The van der Waals surface area contributed by atoms with Crippen LogP contribution in [0.15, 0.2) is 84.9 Å². The fourth-order valence-electron chi connectivity index (χ4n) is 3.39. The van der Waals surface area contributed by atoms with Crippen molar-refractivity contribution in [1.29, 1.82) is 0 Å². The topological polar surface area (TPSA) is 73.9 Å². The van der Waals surface area contributed by atoms with Crippen LogP contribution in [-0.4, -0.2) is 32.6 Å². The van der Waals surface area contributed by atoms with Crippen LogP contribution in [0.5, 0.6) is 11.5 Å². The second kappa shape index (κ2) is 12.8. The Morgan fingerprint density at radius 2 is 1.56 bits per heavy atom. The lowest BCUT2D eigenvalue weighted by Gasteiger charge is -2.20. The zero-order valence-corrected chi connectivity index (χ0v) is 19.4. The molecule has 0 saturated heterocycles. The van der Waals surface area contributed by atoms with Crippen LogP contribution in [0.1, 0.15) is 29.2 Å². The summed E-state index contributed by atoms with van der Waals surface area (Å²) < 4.78 is 16.4. The zero-order valence-electron chi connectivity index (χ0n) is 19.4. The summed E-state index contributed by atoms with van der Waals surface area (Å²) in [6.07, 6.45) is 3.33. The number of nitrogens with one attached hydrogen (secondary N) is 1. The van der Waals surface area contributed by atoms with E-state index in [1.807, 2.05) is 60.7 Å². The maximum absolute atomic E-state index is 12.6. The number of esters is 1. The highest BCUT2D eigenvalue weighted by Gasteiger charge is 2.19. The average Bonchev–Trinajstić information content (AvgIpc) is 2.89. The molecule has 6 heteroatoms. The first kappa shape index (κ1) is 24.6. The molecule has 0 bridgehead atoms. The van der Waals surface area contributed by atoms with Crippen molar-refractivity contribution in [2.45, 2.75) is 18.9 Å². The lowest BCUT2D eigenvalue weighted by Crippen LogP contribution is -2.30. The number of aryl methyl sites for hydroxylation is 1. The predicted molar refractivity (Wildman–Crippen MR) is 132 cm³/mol. The van der Waals surface area contributed by atoms with Gasteiger partial charge in [-0.1, -0.05) is 66.7 Å². The molecule has 0 aliphatic heterocycles. The maximum atomic E-state index is 12.6. The number of amides is 1. The molecule has 0 aromatic heterocycles. The Bertz CT molecular complexity index is 1100. The van der Waals surface area contributed by atoms with Gasteiger partial charge in [-0.3, -0.25) is 4.79 Å². The van der Waals surface area contributed by atoms with Crippen LogP contribution in [-0.2, 0) is 20.7 Å². The van der Waals surface area contributed by atoms with Crippen molar-refractivity contribution in [3.63, 3.8) is 0 Å². The number of ether oxygens (including phenoxy) is 3. The van der Waals surface area contributed by atoms with Gasteiger partial charge in [0.25, 0.3) is 0 Å². The third-order valence-electron chi connectivity index (χ3n) is 5.22. The standard InChI is InChI=1S/C28H29NO5/c1-32-24-16-15-23(19-25(24)33-2)26(34-28(31)18-14-22-11-7-4-8-12-22)20-29-27(30)17-13-21-9-5-3-6-10-21/h3-12,14-16,18-19,26H,13,17,20H2,1-2H3,(H,29,30)/b18-14+. The van der Waals surface area contributed by atoms with Crippen LogP contribution in [0.4, 0.5) is 0 Å². The second-order valence-electron chi connectivity index (χ2n) is 7.57. The lowest BCUT2D eigenvalue weighted by molar-refractivity contribution is -0.143. The first-order valence-corrected chi connectivity index (χ1v) is 11.1. The van der Waals surface area contributed by atoms with E-state index >= 15 is 0 Å².